The third-order valence-corrected chi connectivity index (χ3v) is 4.65. The van der Waals surface area contributed by atoms with Crippen molar-refractivity contribution in [2.75, 3.05) is 11.1 Å². The second-order valence-corrected chi connectivity index (χ2v) is 6.39. The monoisotopic (exact) mass is 309 g/mol. The molecule has 1 fully saturated rings. The van der Waals surface area contributed by atoms with E-state index in [2.05, 4.69) is 24.1 Å². The Labute approximate surface area is 131 Å². The van der Waals surface area contributed by atoms with Gasteiger partial charge in [0.2, 0.25) is 5.91 Å². The van der Waals surface area contributed by atoms with E-state index < -0.39 is 0 Å². The fraction of sp³-hybridized carbons (Fsp3) is 0.562. The number of rotatable bonds is 3. The first-order chi connectivity index (χ1) is 9.90. The van der Waals surface area contributed by atoms with Crippen LogP contribution in [-0.2, 0) is 4.79 Å². The number of hydrogen-bond donors (Lipinski definition) is 2. The molecule has 1 aliphatic heterocycles. The van der Waals surface area contributed by atoms with Crippen LogP contribution in [0.2, 0.25) is 5.02 Å². The highest BCUT2D eigenvalue weighted by atomic mass is 35.5. The van der Waals surface area contributed by atoms with Crippen molar-refractivity contribution in [3.8, 4) is 0 Å². The molecule has 1 amide bonds. The lowest BCUT2D eigenvalue weighted by molar-refractivity contribution is -0.123. The summed E-state index contributed by atoms with van der Waals surface area (Å²) in [4.78, 5) is 14.8. The minimum atomic E-state index is -0.177. The largest absolute Gasteiger partial charge is 0.399 e. The number of hydrogen-bond acceptors (Lipinski definition) is 3. The van der Waals surface area contributed by atoms with Crippen LogP contribution in [0, 0.1) is 0 Å². The van der Waals surface area contributed by atoms with E-state index in [1.165, 1.54) is 6.42 Å². The molecule has 3 unspecified atom stereocenters. The van der Waals surface area contributed by atoms with Crippen LogP contribution in [0.15, 0.2) is 18.2 Å². The van der Waals surface area contributed by atoms with Gasteiger partial charge in [-0.2, -0.15) is 0 Å². The van der Waals surface area contributed by atoms with Crippen LogP contribution in [-0.4, -0.2) is 28.9 Å². The van der Waals surface area contributed by atoms with Gasteiger partial charge in [0, 0.05) is 17.8 Å². The minimum absolute atomic E-state index is 0.0257. The van der Waals surface area contributed by atoms with E-state index in [4.69, 9.17) is 17.3 Å². The molecule has 0 aliphatic carbocycles. The molecule has 116 valence electrons. The zero-order valence-electron chi connectivity index (χ0n) is 12.9. The van der Waals surface area contributed by atoms with Crippen LogP contribution in [0.5, 0.6) is 0 Å². The molecule has 1 aromatic carbocycles. The van der Waals surface area contributed by atoms with Crippen molar-refractivity contribution in [1.82, 2.24) is 4.90 Å². The number of anilines is 2. The Morgan fingerprint density at radius 2 is 2.00 bits per heavy atom. The van der Waals surface area contributed by atoms with Gasteiger partial charge in [-0.3, -0.25) is 9.69 Å². The van der Waals surface area contributed by atoms with Gasteiger partial charge in [-0.25, -0.2) is 0 Å². The van der Waals surface area contributed by atoms with Crippen LogP contribution in [0.1, 0.15) is 40.0 Å². The van der Waals surface area contributed by atoms with Crippen LogP contribution in [0.25, 0.3) is 0 Å². The molecule has 0 saturated carbocycles. The van der Waals surface area contributed by atoms with Gasteiger partial charge in [-0.05, 0) is 51.8 Å². The molecule has 3 N–H and O–H groups in total. The second kappa shape index (κ2) is 6.67. The number of nitrogens with two attached hydrogens (primary N) is 1. The molecule has 0 bridgehead atoms. The summed E-state index contributed by atoms with van der Waals surface area (Å²) in [6, 6.07) is 5.80. The molecule has 1 aromatic rings. The van der Waals surface area contributed by atoms with Crippen molar-refractivity contribution in [3.63, 3.8) is 0 Å². The summed E-state index contributed by atoms with van der Waals surface area (Å²) < 4.78 is 0. The average molecular weight is 310 g/mol. The van der Waals surface area contributed by atoms with Crippen LogP contribution in [0.3, 0.4) is 0 Å². The molecular weight excluding hydrogens is 286 g/mol. The van der Waals surface area contributed by atoms with Crippen molar-refractivity contribution >= 4 is 28.9 Å². The summed E-state index contributed by atoms with van der Waals surface area (Å²) in [6.45, 7) is 6.34. The molecule has 0 aromatic heterocycles. The summed E-state index contributed by atoms with van der Waals surface area (Å²) in [5.41, 5.74) is 6.86. The fourth-order valence-electron chi connectivity index (χ4n) is 3.21. The van der Waals surface area contributed by atoms with Crippen molar-refractivity contribution in [2.45, 2.75) is 58.2 Å². The minimum Gasteiger partial charge on any atom is -0.399 e. The zero-order chi connectivity index (χ0) is 15.6. The number of halogens is 1. The van der Waals surface area contributed by atoms with E-state index in [-0.39, 0.29) is 11.9 Å². The number of nitrogens with one attached hydrogen (secondary N) is 1. The maximum atomic E-state index is 12.5. The summed E-state index contributed by atoms with van der Waals surface area (Å²) in [5.74, 6) is -0.0257. The van der Waals surface area contributed by atoms with Crippen molar-refractivity contribution in [3.05, 3.63) is 23.2 Å². The maximum Gasteiger partial charge on any atom is 0.241 e. The van der Waals surface area contributed by atoms with E-state index >= 15 is 0 Å². The molecule has 1 saturated heterocycles. The summed E-state index contributed by atoms with van der Waals surface area (Å²) in [7, 11) is 0. The van der Waals surface area contributed by atoms with Crippen molar-refractivity contribution < 1.29 is 4.79 Å². The number of amides is 1. The van der Waals surface area contributed by atoms with Gasteiger partial charge in [0.15, 0.2) is 0 Å². The van der Waals surface area contributed by atoms with Crippen LogP contribution < -0.4 is 11.1 Å². The second-order valence-electron chi connectivity index (χ2n) is 5.98. The molecule has 3 atom stereocenters. The number of carbonyl (C=O) groups excluding carboxylic acids is 1. The standard InChI is InChI=1S/C16H24ClN3O/c1-10-5-4-6-11(2)20(10)12(3)16(21)19-15-8-7-13(18)9-14(15)17/h7-12H,4-6,18H2,1-3H3,(H,19,21). The summed E-state index contributed by atoms with van der Waals surface area (Å²) in [6.07, 6.45) is 3.52. The summed E-state index contributed by atoms with van der Waals surface area (Å²) >= 11 is 6.11. The molecule has 1 heterocycles. The molecule has 5 heteroatoms. The van der Waals surface area contributed by atoms with E-state index in [1.54, 1.807) is 18.2 Å². The van der Waals surface area contributed by atoms with Gasteiger partial charge in [0.1, 0.15) is 0 Å². The summed E-state index contributed by atoms with van der Waals surface area (Å²) in [5, 5.41) is 3.38. The molecule has 2 rings (SSSR count). The number of nitrogens with zero attached hydrogens (tertiary/aromatic N) is 1. The van der Waals surface area contributed by atoms with Gasteiger partial charge in [-0.15, -0.1) is 0 Å². The Bertz CT molecular complexity index is 510. The Morgan fingerprint density at radius 3 is 2.57 bits per heavy atom. The third-order valence-electron chi connectivity index (χ3n) is 4.34. The van der Waals surface area contributed by atoms with Crippen molar-refractivity contribution in [2.24, 2.45) is 0 Å². The Kier molecular flexibility index (Phi) is 5.12. The smallest absolute Gasteiger partial charge is 0.241 e. The van der Waals surface area contributed by atoms with Gasteiger partial charge < -0.3 is 11.1 Å². The molecule has 0 spiro atoms. The third kappa shape index (κ3) is 3.69. The molecule has 21 heavy (non-hydrogen) atoms. The highest BCUT2D eigenvalue weighted by Gasteiger charge is 2.32. The first kappa shape index (κ1) is 16.1. The Morgan fingerprint density at radius 1 is 1.38 bits per heavy atom. The Hall–Kier alpha value is -1.26. The van der Waals surface area contributed by atoms with E-state index in [9.17, 15) is 4.79 Å². The van der Waals surface area contributed by atoms with Gasteiger partial charge in [0.25, 0.3) is 0 Å². The normalized spacial score (nSPS) is 24.6. The number of benzene rings is 1. The predicted octanol–water partition coefficient (Wildman–Crippen LogP) is 3.51. The van der Waals surface area contributed by atoms with E-state index in [0.29, 0.717) is 28.5 Å². The maximum absolute atomic E-state index is 12.5. The number of carbonyl (C=O) groups is 1. The topological polar surface area (TPSA) is 58.4 Å². The van der Waals surface area contributed by atoms with E-state index in [0.717, 1.165) is 12.8 Å². The van der Waals surface area contributed by atoms with Crippen molar-refractivity contribution in [1.29, 1.82) is 0 Å². The first-order valence-electron chi connectivity index (χ1n) is 7.53. The lowest BCUT2D eigenvalue weighted by atomic mass is 9.95. The zero-order valence-corrected chi connectivity index (χ0v) is 13.7. The predicted molar refractivity (Wildman–Crippen MR) is 88.6 cm³/mol. The lowest BCUT2D eigenvalue weighted by Crippen LogP contribution is -2.53. The molecular formula is C16H24ClN3O. The van der Waals surface area contributed by atoms with Crippen LogP contribution >= 0.6 is 11.6 Å². The van der Waals surface area contributed by atoms with Crippen LogP contribution in [0.4, 0.5) is 11.4 Å². The number of nitrogen functional groups attached to an aromatic ring is 1. The van der Waals surface area contributed by atoms with E-state index in [1.807, 2.05) is 6.92 Å². The lowest BCUT2D eigenvalue weighted by Gasteiger charge is -2.42. The fourth-order valence-corrected chi connectivity index (χ4v) is 3.45. The van der Waals surface area contributed by atoms with Gasteiger partial charge in [0.05, 0.1) is 16.8 Å². The Balaban J connectivity index is 2.08. The first-order valence-corrected chi connectivity index (χ1v) is 7.91. The quantitative estimate of drug-likeness (QED) is 0.840. The highest BCUT2D eigenvalue weighted by molar-refractivity contribution is 6.34. The van der Waals surface area contributed by atoms with Gasteiger partial charge in [-0.1, -0.05) is 18.0 Å². The highest BCUT2D eigenvalue weighted by Crippen LogP contribution is 2.27. The molecule has 0 radical (unpaired) electrons. The average Bonchev–Trinajstić information content (AvgIpc) is 2.41. The number of piperidine rings is 1. The molecule has 1 aliphatic rings. The molecule has 4 nitrogen and oxygen atoms in total. The SMILES string of the molecule is CC1CCCC(C)N1C(C)C(=O)Nc1ccc(N)cc1Cl. The van der Waals surface area contributed by atoms with Gasteiger partial charge >= 0.3 is 0 Å². The number of likely N-dealkylation sites (tertiary alicyclic amines) is 1.